The van der Waals surface area contributed by atoms with Crippen LogP contribution in [0.2, 0.25) is 0 Å². The number of carbonyl (C=O) groups is 1. The minimum atomic E-state index is -0.256. The highest BCUT2D eigenvalue weighted by atomic mass is 16.2. The monoisotopic (exact) mass is 565 g/mol. The molecular formula is C37H35N5O. The fraction of sp³-hybridized carbons (Fsp3) is 0.216. The van der Waals surface area contributed by atoms with Crippen LogP contribution in [-0.2, 0) is 30.7 Å². The van der Waals surface area contributed by atoms with E-state index in [1.165, 1.54) is 22.3 Å². The quantitative estimate of drug-likeness (QED) is 0.235. The van der Waals surface area contributed by atoms with E-state index in [0.717, 1.165) is 24.3 Å². The summed E-state index contributed by atoms with van der Waals surface area (Å²) in [5.41, 5.74) is 7.85. The van der Waals surface area contributed by atoms with Gasteiger partial charge in [-0.05, 0) is 46.4 Å². The molecule has 1 aliphatic rings. The van der Waals surface area contributed by atoms with Gasteiger partial charge in [-0.15, -0.1) is 0 Å². The van der Waals surface area contributed by atoms with Gasteiger partial charge in [0.1, 0.15) is 0 Å². The molecule has 5 aromatic rings. The average Bonchev–Trinajstić information content (AvgIpc) is 3.50. The molecule has 2 heterocycles. The van der Waals surface area contributed by atoms with E-state index < -0.39 is 0 Å². The molecule has 1 aromatic heterocycles. The van der Waals surface area contributed by atoms with E-state index in [9.17, 15) is 4.79 Å². The van der Waals surface area contributed by atoms with Gasteiger partial charge in [0.25, 0.3) is 0 Å². The summed E-state index contributed by atoms with van der Waals surface area (Å²) in [6, 6.07) is 39.2. The molecule has 0 aliphatic carbocycles. The zero-order chi connectivity index (χ0) is 29.4. The predicted octanol–water partition coefficient (Wildman–Crippen LogP) is 5.72. The number of fused-ring (bicyclic) bond motifs is 1. The van der Waals surface area contributed by atoms with Crippen LogP contribution in [0.4, 0.5) is 0 Å². The van der Waals surface area contributed by atoms with Crippen LogP contribution >= 0.6 is 0 Å². The first-order chi connectivity index (χ1) is 21.2. The summed E-state index contributed by atoms with van der Waals surface area (Å²) in [5, 5.41) is 12.3. The van der Waals surface area contributed by atoms with E-state index in [1.807, 2.05) is 36.8 Å². The van der Waals surface area contributed by atoms with Crippen molar-refractivity contribution >= 4 is 5.91 Å². The largest absolute Gasteiger partial charge is 0.354 e. The zero-order valence-electron chi connectivity index (χ0n) is 24.1. The topological polar surface area (TPSA) is 74.0 Å². The second-order valence-electron chi connectivity index (χ2n) is 11.2. The highest BCUT2D eigenvalue weighted by molar-refractivity contribution is 5.82. The number of nitriles is 1. The Morgan fingerprint density at radius 1 is 0.884 bits per heavy atom. The van der Waals surface area contributed by atoms with Gasteiger partial charge in [0.05, 0.1) is 24.0 Å². The van der Waals surface area contributed by atoms with Gasteiger partial charge < -0.3 is 9.88 Å². The Morgan fingerprint density at radius 2 is 1.53 bits per heavy atom. The standard InChI is InChI=1S/C37H35N5O/c38-22-28-15-17-29(18-16-28)24-42-27-39-23-34(42)19-20-40-37(43)36-21-32-13-7-8-14-33(32)25-41(36)26-35(30-9-3-1-4-10-30)31-11-5-2-6-12-31/h1-18,23,27,35-36H,19-21,24-26H2,(H,40,43). The normalized spacial score (nSPS) is 14.7. The summed E-state index contributed by atoms with van der Waals surface area (Å²) in [6.45, 7) is 2.69. The van der Waals surface area contributed by atoms with Gasteiger partial charge in [0.15, 0.2) is 0 Å². The van der Waals surface area contributed by atoms with Crippen molar-refractivity contribution in [2.24, 2.45) is 0 Å². The summed E-state index contributed by atoms with van der Waals surface area (Å²) in [7, 11) is 0. The Labute approximate surface area is 253 Å². The van der Waals surface area contributed by atoms with Crippen molar-refractivity contribution in [3.05, 3.63) is 161 Å². The van der Waals surface area contributed by atoms with Crippen molar-refractivity contribution in [1.82, 2.24) is 19.8 Å². The Hall–Kier alpha value is -4.99. The molecule has 214 valence electrons. The Bertz CT molecular complexity index is 1650. The predicted molar refractivity (Wildman–Crippen MR) is 168 cm³/mol. The number of carbonyl (C=O) groups excluding carboxylic acids is 1. The lowest BCUT2D eigenvalue weighted by atomic mass is 9.87. The van der Waals surface area contributed by atoms with Crippen LogP contribution in [0.25, 0.3) is 0 Å². The molecule has 6 heteroatoms. The number of imidazole rings is 1. The maximum atomic E-state index is 13.8. The molecule has 1 N–H and O–H groups in total. The molecule has 0 saturated carbocycles. The number of rotatable bonds is 10. The number of nitrogens with zero attached hydrogens (tertiary/aromatic N) is 4. The van der Waals surface area contributed by atoms with Crippen LogP contribution in [0.3, 0.4) is 0 Å². The van der Waals surface area contributed by atoms with Crippen molar-refractivity contribution in [2.75, 3.05) is 13.1 Å². The van der Waals surface area contributed by atoms with Crippen molar-refractivity contribution in [3.8, 4) is 6.07 Å². The van der Waals surface area contributed by atoms with Gasteiger partial charge in [-0.3, -0.25) is 9.69 Å². The van der Waals surface area contributed by atoms with Gasteiger partial charge in [0, 0.05) is 50.4 Å². The number of hydrogen-bond donors (Lipinski definition) is 1. The van der Waals surface area contributed by atoms with Crippen molar-refractivity contribution < 1.29 is 4.79 Å². The SMILES string of the molecule is N#Cc1ccc(Cn2cncc2CCNC(=O)C2Cc3ccccc3CN2CC(c2ccccc2)c2ccccc2)cc1. The van der Waals surface area contributed by atoms with E-state index in [4.69, 9.17) is 5.26 Å². The Kier molecular flexibility index (Phi) is 8.72. The molecule has 4 aromatic carbocycles. The third-order valence-electron chi connectivity index (χ3n) is 8.38. The number of hydrogen-bond acceptors (Lipinski definition) is 4. The second kappa shape index (κ2) is 13.3. The van der Waals surface area contributed by atoms with Crippen LogP contribution in [-0.4, -0.2) is 39.5 Å². The Balaban J connectivity index is 1.16. The van der Waals surface area contributed by atoms with Gasteiger partial charge in [-0.25, -0.2) is 4.98 Å². The fourth-order valence-electron chi connectivity index (χ4n) is 6.05. The van der Waals surface area contributed by atoms with Gasteiger partial charge >= 0.3 is 0 Å². The molecule has 0 bridgehead atoms. The molecule has 43 heavy (non-hydrogen) atoms. The number of amides is 1. The molecule has 6 nitrogen and oxygen atoms in total. The van der Waals surface area contributed by atoms with Crippen LogP contribution in [0.1, 0.15) is 45.0 Å². The van der Waals surface area contributed by atoms with Gasteiger partial charge in [-0.1, -0.05) is 97.1 Å². The number of aromatic nitrogens is 2. The molecule has 0 fully saturated rings. The fourth-order valence-corrected chi connectivity index (χ4v) is 6.05. The van der Waals surface area contributed by atoms with Gasteiger partial charge in [0.2, 0.25) is 5.91 Å². The lowest BCUT2D eigenvalue weighted by Crippen LogP contribution is -2.51. The maximum Gasteiger partial charge on any atom is 0.237 e. The summed E-state index contributed by atoms with van der Waals surface area (Å²) < 4.78 is 2.10. The summed E-state index contributed by atoms with van der Waals surface area (Å²) in [6.07, 6.45) is 5.06. The minimum Gasteiger partial charge on any atom is -0.354 e. The first-order valence-electron chi connectivity index (χ1n) is 14.8. The first-order valence-corrected chi connectivity index (χ1v) is 14.8. The molecule has 1 unspecified atom stereocenters. The van der Waals surface area contributed by atoms with Crippen molar-refractivity contribution in [1.29, 1.82) is 5.26 Å². The van der Waals surface area contributed by atoms with Gasteiger partial charge in [-0.2, -0.15) is 5.26 Å². The van der Waals surface area contributed by atoms with Crippen LogP contribution in [0.5, 0.6) is 0 Å². The average molecular weight is 566 g/mol. The van der Waals surface area contributed by atoms with E-state index in [-0.39, 0.29) is 17.9 Å². The van der Waals surface area contributed by atoms with Crippen molar-refractivity contribution in [2.45, 2.75) is 37.9 Å². The highest BCUT2D eigenvalue weighted by Crippen LogP contribution is 2.30. The molecule has 0 radical (unpaired) electrons. The molecule has 1 atom stereocenters. The lowest BCUT2D eigenvalue weighted by molar-refractivity contribution is -0.127. The van der Waals surface area contributed by atoms with E-state index in [1.54, 1.807) is 0 Å². The first kappa shape index (κ1) is 28.1. The van der Waals surface area contributed by atoms with Crippen LogP contribution < -0.4 is 5.32 Å². The molecule has 0 spiro atoms. The molecule has 0 saturated heterocycles. The molecule has 1 aliphatic heterocycles. The highest BCUT2D eigenvalue weighted by Gasteiger charge is 2.33. The summed E-state index contributed by atoms with van der Waals surface area (Å²) in [5.74, 6) is 0.215. The molecular weight excluding hydrogens is 530 g/mol. The Morgan fingerprint density at radius 3 is 2.21 bits per heavy atom. The van der Waals surface area contributed by atoms with E-state index in [0.29, 0.717) is 31.5 Å². The van der Waals surface area contributed by atoms with Crippen LogP contribution in [0, 0.1) is 11.3 Å². The van der Waals surface area contributed by atoms with E-state index >= 15 is 0 Å². The summed E-state index contributed by atoms with van der Waals surface area (Å²) in [4.78, 5) is 20.6. The third-order valence-corrected chi connectivity index (χ3v) is 8.38. The smallest absolute Gasteiger partial charge is 0.237 e. The third kappa shape index (κ3) is 6.74. The second-order valence-corrected chi connectivity index (χ2v) is 11.2. The molecule has 6 rings (SSSR count). The number of benzene rings is 4. The number of nitrogens with one attached hydrogen (secondary N) is 1. The van der Waals surface area contributed by atoms with Crippen LogP contribution in [0.15, 0.2) is 122 Å². The minimum absolute atomic E-state index is 0.0625. The van der Waals surface area contributed by atoms with E-state index in [2.05, 4.69) is 111 Å². The lowest BCUT2D eigenvalue weighted by Gasteiger charge is -2.38. The zero-order valence-corrected chi connectivity index (χ0v) is 24.1. The molecule has 1 amide bonds. The summed E-state index contributed by atoms with van der Waals surface area (Å²) >= 11 is 0. The maximum absolute atomic E-state index is 13.8. The van der Waals surface area contributed by atoms with Crippen molar-refractivity contribution in [3.63, 3.8) is 0 Å².